The van der Waals surface area contributed by atoms with Gasteiger partial charge in [0.05, 0.1) is 18.1 Å². The second kappa shape index (κ2) is 10.5. The van der Waals surface area contributed by atoms with Crippen molar-refractivity contribution in [2.75, 3.05) is 33.8 Å². The molecule has 0 aromatic heterocycles. The predicted molar refractivity (Wildman–Crippen MR) is 110 cm³/mol. The Morgan fingerprint density at radius 1 is 1.42 bits per heavy atom. The Kier molecular flexibility index (Phi) is 9.45. The highest BCUT2D eigenvalue weighted by atomic mass is 127. The van der Waals surface area contributed by atoms with E-state index in [1.54, 1.807) is 14.2 Å². The van der Waals surface area contributed by atoms with Crippen LogP contribution in [0.5, 0.6) is 5.75 Å². The maximum atomic E-state index is 12.4. The lowest BCUT2D eigenvalue weighted by molar-refractivity contribution is -0.143. The van der Waals surface area contributed by atoms with Crippen LogP contribution in [0.25, 0.3) is 0 Å². The molecule has 0 spiro atoms. The summed E-state index contributed by atoms with van der Waals surface area (Å²) in [5, 5.41) is 6.36. The second-order valence-corrected chi connectivity index (χ2v) is 6.73. The summed E-state index contributed by atoms with van der Waals surface area (Å²) >= 11 is 3.44. The summed E-state index contributed by atoms with van der Waals surface area (Å²) in [6.45, 7) is 0.465. The van der Waals surface area contributed by atoms with E-state index >= 15 is 0 Å². The van der Waals surface area contributed by atoms with Crippen LogP contribution in [0, 0.1) is 0 Å². The van der Waals surface area contributed by atoms with Gasteiger partial charge in [-0.05, 0) is 40.0 Å². The summed E-state index contributed by atoms with van der Waals surface area (Å²) in [4.78, 5) is 5.55. The van der Waals surface area contributed by atoms with Crippen molar-refractivity contribution in [2.45, 2.75) is 25.2 Å². The van der Waals surface area contributed by atoms with Gasteiger partial charge in [0.1, 0.15) is 5.75 Å². The Hall–Kier alpha value is -0.750. The molecule has 26 heavy (non-hydrogen) atoms. The van der Waals surface area contributed by atoms with E-state index < -0.39 is 12.7 Å². The van der Waals surface area contributed by atoms with Crippen LogP contribution in [0.2, 0.25) is 0 Å². The fourth-order valence-corrected chi connectivity index (χ4v) is 3.33. The zero-order valence-corrected chi connectivity index (χ0v) is 18.5. The van der Waals surface area contributed by atoms with Crippen LogP contribution in [-0.2, 0) is 6.54 Å². The third-order valence-corrected chi connectivity index (χ3v) is 4.54. The lowest BCUT2D eigenvalue weighted by Crippen LogP contribution is -2.44. The van der Waals surface area contributed by atoms with Crippen molar-refractivity contribution >= 4 is 45.9 Å². The molecule has 1 aromatic carbocycles. The van der Waals surface area contributed by atoms with Gasteiger partial charge >= 0.3 is 6.18 Å². The highest BCUT2D eigenvalue weighted by Gasteiger charge is 2.34. The number of hydrogen-bond acceptors (Lipinski definition) is 3. The van der Waals surface area contributed by atoms with E-state index in [0.717, 1.165) is 15.8 Å². The molecule has 0 radical (unpaired) electrons. The van der Waals surface area contributed by atoms with Gasteiger partial charge in [0, 0.05) is 32.7 Å². The first-order valence-corrected chi connectivity index (χ1v) is 8.68. The molecule has 1 aromatic rings. The highest BCUT2D eigenvalue weighted by Crippen LogP contribution is 2.25. The van der Waals surface area contributed by atoms with Crippen LogP contribution in [0.1, 0.15) is 12.0 Å². The Labute approximate surface area is 176 Å². The van der Waals surface area contributed by atoms with E-state index in [9.17, 15) is 13.2 Å². The number of guanidine groups is 1. The summed E-state index contributed by atoms with van der Waals surface area (Å²) in [5.41, 5.74) is 1.03. The molecule has 1 saturated heterocycles. The number of nitrogens with zero attached hydrogens (tertiary/aromatic N) is 2. The lowest BCUT2D eigenvalue weighted by Gasteiger charge is -2.20. The van der Waals surface area contributed by atoms with Gasteiger partial charge in [0.15, 0.2) is 5.96 Å². The summed E-state index contributed by atoms with van der Waals surface area (Å²) in [5.74, 6) is 1.33. The number of ether oxygens (including phenoxy) is 1. The Morgan fingerprint density at radius 3 is 2.73 bits per heavy atom. The Bertz CT molecular complexity index is 616. The first-order valence-electron chi connectivity index (χ1n) is 7.89. The SMILES string of the molecule is CN=C(NCc1ccc(OC)c(Br)c1)NC1CCN(CC(F)(F)F)C1.I. The number of methoxy groups -OCH3 is 1. The van der Waals surface area contributed by atoms with Gasteiger partial charge in [0.2, 0.25) is 0 Å². The van der Waals surface area contributed by atoms with Crippen molar-refractivity contribution < 1.29 is 17.9 Å². The van der Waals surface area contributed by atoms with Gasteiger partial charge in [-0.2, -0.15) is 13.2 Å². The molecule has 1 unspecified atom stereocenters. The molecule has 148 valence electrons. The number of rotatable bonds is 5. The molecule has 1 heterocycles. The quantitative estimate of drug-likeness (QED) is 0.335. The topological polar surface area (TPSA) is 48.9 Å². The summed E-state index contributed by atoms with van der Waals surface area (Å²) in [6, 6.07) is 5.70. The molecule has 10 heteroatoms. The molecular formula is C16H23BrF3IN4O. The molecule has 2 N–H and O–H groups in total. The summed E-state index contributed by atoms with van der Waals surface area (Å²) in [7, 11) is 3.25. The third-order valence-electron chi connectivity index (χ3n) is 3.92. The van der Waals surface area contributed by atoms with Crippen molar-refractivity contribution in [3.8, 4) is 5.75 Å². The first kappa shape index (κ1) is 23.3. The van der Waals surface area contributed by atoms with E-state index in [1.807, 2.05) is 18.2 Å². The van der Waals surface area contributed by atoms with Crippen molar-refractivity contribution in [1.29, 1.82) is 0 Å². The van der Waals surface area contributed by atoms with Crippen LogP contribution >= 0.6 is 39.9 Å². The van der Waals surface area contributed by atoms with Crippen LogP contribution in [0.4, 0.5) is 13.2 Å². The van der Waals surface area contributed by atoms with E-state index in [-0.39, 0.29) is 30.0 Å². The van der Waals surface area contributed by atoms with Crippen molar-refractivity contribution in [3.63, 3.8) is 0 Å². The smallest absolute Gasteiger partial charge is 0.401 e. The molecule has 0 bridgehead atoms. The van der Waals surface area contributed by atoms with Gasteiger partial charge in [-0.3, -0.25) is 9.89 Å². The van der Waals surface area contributed by atoms with Gasteiger partial charge < -0.3 is 15.4 Å². The van der Waals surface area contributed by atoms with Crippen LogP contribution in [0.15, 0.2) is 27.7 Å². The van der Waals surface area contributed by atoms with Gasteiger partial charge in [-0.1, -0.05) is 6.07 Å². The van der Waals surface area contributed by atoms with E-state index in [0.29, 0.717) is 32.0 Å². The number of aliphatic imine (C=N–C) groups is 1. The maximum absolute atomic E-state index is 12.4. The molecule has 1 atom stereocenters. The van der Waals surface area contributed by atoms with Crippen molar-refractivity contribution in [1.82, 2.24) is 15.5 Å². The molecular weight excluding hydrogens is 528 g/mol. The first-order chi connectivity index (χ1) is 11.8. The zero-order chi connectivity index (χ0) is 18.4. The average Bonchev–Trinajstić information content (AvgIpc) is 2.96. The number of halogens is 5. The number of likely N-dealkylation sites (tertiary alicyclic amines) is 1. The standard InChI is InChI=1S/C16H22BrF3N4O.HI/c1-21-15(22-8-11-3-4-14(25-2)13(17)7-11)23-12-5-6-24(9-12)10-16(18,19)20;/h3-4,7,12H,5-6,8-10H2,1-2H3,(H2,21,22,23);1H. The molecule has 1 aliphatic heterocycles. The molecule has 5 nitrogen and oxygen atoms in total. The average molecular weight is 551 g/mol. The Balaban J connectivity index is 0.00000338. The van der Waals surface area contributed by atoms with Crippen molar-refractivity contribution in [3.05, 3.63) is 28.2 Å². The van der Waals surface area contributed by atoms with Gasteiger partial charge in [-0.15, -0.1) is 24.0 Å². The number of benzene rings is 1. The molecule has 2 rings (SSSR count). The minimum absolute atomic E-state index is 0. The largest absolute Gasteiger partial charge is 0.496 e. The van der Waals surface area contributed by atoms with E-state index in [4.69, 9.17) is 4.74 Å². The normalized spacial score (nSPS) is 18.4. The number of alkyl halides is 3. The van der Waals surface area contributed by atoms with Crippen LogP contribution in [-0.4, -0.2) is 56.9 Å². The predicted octanol–water partition coefficient (Wildman–Crippen LogP) is 3.38. The zero-order valence-electron chi connectivity index (χ0n) is 14.6. The van der Waals surface area contributed by atoms with E-state index in [1.165, 1.54) is 4.90 Å². The van der Waals surface area contributed by atoms with Gasteiger partial charge in [-0.25, -0.2) is 0 Å². The maximum Gasteiger partial charge on any atom is 0.401 e. The molecule has 1 aliphatic rings. The molecule has 0 aliphatic carbocycles. The summed E-state index contributed by atoms with van der Waals surface area (Å²) < 4.78 is 43.4. The lowest BCUT2D eigenvalue weighted by atomic mass is 10.2. The highest BCUT2D eigenvalue weighted by molar-refractivity contribution is 14.0. The van der Waals surface area contributed by atoms with Crippen LogP contribution < -0.4 is 15.4 Å². The molecule has 0 amide bonds. The monoisotopic (exact) mass is 550 g/mol. The van der Waals surface area contributed by atoms with Crippen molar-refractivity contribution in [2.24, 2.45) is 4.99 Å². The summed E-state index contributed by atoms with van der Waals surface area (Å²) in [6.07, 6.45) is -3.50. The number of nitrogens with one attached hydrogen (secondary N) is 2. The second-order valence-electron chi connectivity index (χ2n) is 5.87. The van der Waals surface area contributed by atoms with E-state index in [2.05, 4.69) is 31.6 Å². The molecule has 1 fully saturated rings. The number of hydrogen-bond donors (Lipinski definition) is 2. The minimum Gasteiger partial charge on any atom is -0.496 e. The van der Waals surface area contributed by atoms with Gasteiger partial charge in [0.25, 0.3) is 0 Å². The fourth-order valence-electron chi connectivity index (χ4n) is 2.74. The molecule has 0 saturated carbocycles. The minimum atomic E-state index is -4.16. The van der Waals surface area contributed by atoms with Crippen LogP contribution in [0.3, 0.4) is 0 Å². The fraction of sp³-hybridized carbons (Fsp3) is 0.562. The third kappa shape index (κ3) is 7.47. The Morgan fingerprint density at radius 2 is 2.15 bits per heavy atom.